The van der Waals surface area contributed by atoms with E-state index in [2.05, 4.69) is 17.6 Å². The van der Waals surface area contributed by atoms with Crippen LogP contribution < -0.4 is 10.6 Å². The molecule has 1 aromatic heterocycles. The van der Waals surface area contributed by atoms with Gasteiger partial charge in [0.2, 0.25) is 5.91 Å². The lowest BCUT2D eigenvalue weighted by Crippen LogP contribution is -2.43. The first-order chi connectivity index (χ1) is 9.71. The monoisotopic (exact) mass is 312 g/mol. The predicted molar refractivity (Wildman–Crippen MR) is 86.1 cm³/mol. The Balaban J connectivity index is 2.81. The van der Waals surface area contributed by atoms with Crippen molar-refractivity contribution in [1.29, 1.82) is 0 Å². The molecule has 1 amide bonds. The van der Waals surface area contributed by atoms with Crippen LogP contribution >= 0.6 is 11.3 Å². The number of rotatable bonds is 6. The second kappa shape index (κ2) is 7.04. The molecule has 0 unspecified atom stereocenters. The molecule has 1 heterocycles. The van der Waals surface area contributed by atoms with Gasteiger partial charge >= 0.3 is 5.97 Å². The van der Waals surface area contributed by atoms with Crippen molar-refractivity contribution < 1.29 is 14.3 Å². The molecule has 0 aromatic carbocycles. The average Bonchev–Trinajstić information content (AvgIpc) is 2.71. The van der Waals surface area contributed by atoms with Crippen LogP contribution in [-0.2, 0) is 9.53 Å². The highest BCUT2D eigenvalue weighted by molar-refractivity contribution is 7.16. The van der Waals surface area contributed by atoms with Gasteiger partial charge in [0, 0.05) is 10.4 Å². The second-order valence-corrected chi connectivity index (χ2v) is 6.84. The van der Waals surface area contributed by atoms with Gasteiger partial charge in [-0.3, -0.25) is 4.79 Å². The molecule has 0 aliphatic heterocycles. The van der Waals surface area contributed by atoms with Crippen LogP contribution in [-0.4, -0.2) is 31.1 Å². The summed E-state index contributed by atoms with van der Waals surface area (Å²) in [5, 5.41) is 6.54. The lowest BCUT2D eigenvalue weighted by molar-refractivity contribution is -0.115. The molecule has 0 saturated heterocycles. The minimum atomic E-state index is -0.422. The van der Waals surface area contributed by atoms with Crippen molar-refractivity contribution in [2.45, 2.75) is 46.6 Å². The quantitative estimate of drug-likeness (QED) is 0.793. The SMILES string of the molecule is CCC(C)(C)NCC(=O)Nc1sc(C)c(C)c1C(=O)OC. The molecule has 0 atom stereocenters. The summed E-state index contributed by atoms with van der Waals surface area (Å²) >= 11 is 1.39. The number of thiophene rings is 1. The molecule has 21 heavy (non-hydrogen) atoms. The van der Waals surface area contributed by atoms with Crippen LogP contribution in [0.5, 0.6) is 0 Å². The number of esters is 1. The van der Waals surface area contributed by atoms with Gasteiger partial charge in [0.15, 0.2) is 0 Å². The van der Waals surface area contributed by atoms with Crippen LogP contribution in [0.1, 0.15) is 48.0 Å². The molecular formula is C15H24N2O3S. The summed E-state index contributed by atoms with van der Waals surface area (Å²) < 4.78 is 4.79. The minimum absolute atomic E-state index is 0.0935. The van der Waals surface area contributed by atoms with Gasteiger partial charge in [-0.1, -0.05) is 6.92 Å². The molecule has 0 fully saturated rings. The molecule has 6 heteroatoms. The molecule has 1 rings (SSSR count). The van der Waals surface area contributed by atoms with Gasteiger partial charge in [0.25, 0.3) is 0 Å². The molecule has 0 saturated carbocycles. The highest BCUT2D eigenvalue weighted by Gasteiger charge is 2.22. The Kier molecular flexibility index (Phi) is 5.92. The minimum Gasteiger partial charge on any atom is -0.465 e. The van der Waals surface area contributed by atoms with Crippen molar-refractivity contribution in [2.75, 3.05) is 19.0 Å². The Bertz CT molecular complexity index is 535. The Morgan fingerprint density at radius 1 is 1.29 bits per heavy atom. The number of methoxy groups -OCH3 is 1. The van der Waals surface area contributed by atoms with E-state index in [4.69, 9.17) is 4.74 Å². The van der Waals surface area contributed by atoms with Gasteiger partial charge in [-0.25, -0.2) is 4.79 Å². The first-order valence-electron chi connectivity index (χ1n) is 6.95. The first kappa shape index (κ1) is 17.7. The zero-order valence-electron chi connectivity index (χ0n) is 13.5. The number of hydrogen-bond acceptors (Lipinski definition) is 5. The number of anilines is 1. The Morgan fingerprint density at radius 3 is 2.43 bits per heavy atom. The van der Waals surface area contributed by atoms with Crippen molar-refractivity contribution >= 4 is 28.2 Å². The van der Waals surface area contributed by atoms with Crippen molar-refractivity contribution in [1.82, 2.24) is 5.32 Å². The Labute approximate surface area is 130 Å². The van der Waals surface area contributed by atoms with Gasteiger partial charge in [0.1, 0.15) is 5.00 Å². The molecule has 0 spiro atoms. The molecule has 2 N–H and O–H groups in total. The lowest BCUT2D eigenvalue weighted by atomic mass is 10.0. The van der Waals surface area contributed by atoms with Crippen LogP contribution in [0.25, 0.3) is 0 Å². The number of amides is 1. The van der Waals surface area contributed by atoms with E-state index in [1.54, 1.807) is 0 Å². The summed E-state index contributed by atoms with van der Waals surface area (Å²) in [5.74, 6) is -0.586. The molecule has 5 nitrogen and oxygen atoms in total. The molecule has 1 aromatic rings. The van der Waals surface area contributed by atoms with E-state index in [9.17, 15) is 9.59 Å². The molecule has 0 radical (unpaired) electrons. The maximum absolute atomic E-state index is 12.0. The van der Waals surface area contributed by atoms with Crippen LogP contribution in [0.2, 0.25) is 0 Å². The van der Waals surface area contributed by atoms with Crippen LogP contribution in [0, 0.1) is 13.8 Å². The van der Waals surface area contributed by atoms with Crippen molar-refractivity contribution in [2.24, 2.45) is 0 Å². The highest BCUT2D eigenvalue weighted by atomic mass is 32.1. The molecule has 118 valence electrons. The van der Waals surface area contributed by atoms with E-state index in [0.717, 1.165) is 16.9 Å². The van der Waals surface area contributed by atoms with E-state index >= 15 is 0 Å². The van der Waals surface area contributed by atoms with Gasteiger partial charge in [-0.05, 0) is 39.7 Å². The fourth-order valence-corrected chi connectivity index (χ4v) is 2.74. The Morgan fingerprint density at radius 2 is 1.90 bits per heavy atom. The van der Waals surface area contributed by atoms with Gasteiger partial charge < -0.3 is 15.4 Å². The van der Waals surface area contributed by atoms with Crippen LogP contribution in [0.4, 0.5) is 5.00 Å². The maximum atomic E-state index is 12.0. The topological polar surface area (TPSA) is 67.4 Å². The van der Waals surface area contributed by atoms with Crippen LogP contribution in [0.3, 0.4) is 0 Å². The zero-order chi connectivity index (χ0) is 16.2. The molecule has 0 bridgehead atoms. The van der Waals surface area contributed by atoms with E-state index < -0.39 is 5.97 Å². The third kappa shape index (κ3) is 4.54. The summed E-state index contributed by atoms with van der Waals surface area (Å²) in [6.45, 7) is 10.1. The zero-order valence-corrected chi connectivity index (χ0v) is 14.4. The third-order valence-electron chi connectivity index (χ3n) is 3.64. The fourth-order valence-electron chi connectivity index (χ4n) is 1.68. The smallest absolute Gasteiger partial charge is 0.341 e. The van der Waals surface area contributed by atoms with E-state index in [1.165, 1.54) is 18.4 Å². The molecule has 0 aliphatic rings. The lowest BCUT2D eigenvalue weighted by Gasteiger charge is -2.24. The predicted octanol–water partition coefficient (Wildman–Crippen LogP) is 2.87. The Hall–Kier alpha value is -1.40. The molecule has 0 aliphatic carbocycles. The van der Waals surface area contributed by atoms with Gasteiger partial charge in [-0.2, -0.15) is 0 Å². The average molecular weight is 312 g/mol. The van der Waals surface area contributed by atoms with E-state index in [-0.39, 0.29) is 18.0 Å². The number of aryl methyl sites for hydroxylation is 1. The summed E-state index contributed by atoms with van der Waals surface area (Å²) in [7, 11) is 1.34. The maximum Gasteiger partial charge on any atom is 0.341 e. The summed E-state index contributed by atoms with van der Waals surface area (Å²) in [6.07, 6.45) is 0.922. The van der Waals surface area contributed by atoms with E-state index in [1.807, 2.05) is 27.7 Å². The number of carbonyl (C=O) groups is 2. The summed E-state index contributed by atoms with van der Waals surface area (Å²) in [4.78, 5) is 24.9. The number of carbonyl (C=O) groups excluding carboxylic acids is 2. The van der Waals surface area contributed by atoms with Gasteiger partial charge in [-0.15, -0.1) is 11.3 Å². The number of ether oxygens (including phenoxy) is 1. The van der Waals surface area contributed by atoms with Crippen LogP contribution in [0.15, 0.2) is 0 Å². The summed E-state index contributed by atoms with van der Waals surface area (Å²) in [5.41, 5.74) is 1.20. The second-order valence-electron chi connectivity index (χ2n) is 5.62. The standard InChI is InChI=1S/C15H24N2O3S/c1-7-15(4,5)16-8-11(18)17-13-12(14(19)20-6)9(2)10(3)21-13/h16H,7-8H2,1-6H3,(H,17,18). The summed E-state index contributed by atoms with van der Waals surface area (Å²) in [6, 6.07) is 0. The van der Waals surface area contributed by atoms with Gasteiger partial charge in [0.05, 0.1) is 19.2 Å². The number of nitrogens with one attached hydrogen (secondary N) is 2. The normalized spacial score (nSPS) is 11.3. The van der Waals surface area contributed by atoms with Crippen molar-refractivity contribution in [3.05, 3.63) is 16.0 Å². The number of hydrogen-bond donors (Lipinski definition) is 2. The molecular weight excluding hydrogens is 288 g/mol. The highest BCUT2D eigenvalue weighted by Crippen LogP contribution is 2.32. The fraction of sp³-hybridized carbons (Fsp3) is 0.600. The third-order valence-corrected chi connectivity index (χ3v) is 4.76. The van der Waals surface area contributed by atoms with Crippen molar-refractivity contribution in [3.63, 3.8) is 0 Å². The van der Waals surface area contributed by atoms with E-state index in [0.29, 0.717) is 10.6 Å². The van der Waals surface area contributed by atoms with Crippen molar-refractivity contribution in [3.8, 4) is 0 Å². The largest absolute Gasteiger partial charge is 0.465 e. The first-order valence-corrected chi connectivity index (χ1v) is 7.76.